The van der Waals surface area contributed by atoms with Crippen molar-refractivity contribution in [1.29, 1.82) is 0 Å². The number of rotatable bonds is 5. The first-order valence-electron chi connectivity index (χ1n) is 6.25. The van der Waals surface area contributed by atoms with Crippen molar-refractivity contribution < 1.29 is 19.0 Å². The van der Waals surface area contributed by atoms with Crippen molar-refractivity contribution in [2.75, 3.05) is 14.2 Å². The molecule has 0 atom stereocenters. The number of benzene rings is 2. The van der Waals surface area contributed by atoms with Crippen LogP contribution in [-0.2, 0) is 0 Å². The van der Waals surface area contributed by atoms with Crippen LogP contribution in [0, 0.1) is 0 Å². The lowest BCUT2D eigenvalue weighted by Gasteiger charge is -2.11. The summed E-state index contributed by atoms with van der Waals surface area (Å²) < 4.78 is 16.1. The Labute approximate surface area is 128 Å². The maximum Gasteiger partial charge on any atom is 0.161 e. The second-order valence-corrected chi connectivity index (χ2v) is 4.76. The molecule has 0 fully saturated rings. The van der Waals surface area contributed by atoms with Crippen molar-refractivity contribution in [3.05, 3.63) is 47.0 Å². The Morgan fingerprint density at radius 1 is 0.905 bits per heavy atom. The summed E-state index contributed by atoms with van der Waals surface area (Å²) in [5.41, 5.74) is 0.465. The Balaban J connectivity index is 2.29. The van der Waals surface area contributed by atoms with Gasteiger partial charge >= 0.3 is 0 Å². The Hall–Kier alpha value is -2.20. The molecule has 0 heterocycles. The fourth-order valence-electron chi connectivity index (χ4n) is 1.82. The largest absolute Gasteiger partial charge is 0.496 e. The molecule has 0 saturated heterocycles. The number of ketones is 1. The monoisotopic (exact) mass is 306 g/mol. The quantitative estimate of drug-likeness (QED) is 0.770. The molecule has 2 aromatic rings. The van der Waals surface area contributed by atoms with E-state index in [0.717, 1.165) is 0 Å². The smallest absolute Gasteiger partial charge is 0.161 e. The topological polar surface area (TPSA) is 44.8 Å². The lowest BCUT2D eigenvalue weighted by atomic mass is 10.1. The van der Waals surface area contributed by atoms with E-state index in [1.165, 1.54) is 6.92 Å². The molecule has 0 aromatic heterocycles. The molecule has 0 N–H and O–H groups in total. The van der Waals surface area contributed by atoms with Crippen molar-refractivity contribution in [1.82, 2.24) is 0 Å². The molecule has 2 aromatic carbocycles. The molecule has 5 heteroatoms. The number of methoxy groups -OCH3 is 2. The number of hydrogen-bond acceptors (Lipinski definition) is 4. The van der Waals surface area contributed by atoms with Gasteiger partial charge in [-0.2, -0.15) is 0 Å². The summed E-state index contributed by atoms with van der Waals surface area (Å²) in [6, 6.07) is 10.1. The Bertz CT molecular complexity index is 645. The van der Waals surface area contributed by atoms with Crippen molar-refractivity contribution in [3.63, 3.8) is 0 Å². The van der Waals surface area contributed by atoms with Crippen molar-refractivity contribution in [2.45, 2.75) is 6.92 Å². The molecule has 0 amide bonds. The zero-order valence-electron chi connectivity index (χ0n) is 12.0. The molecular formula is C16H15ClO4. The van der Waals surface area contributed by atoms with Crippen molar-refractivity contribution in [3.8, 4) is 23.0 Å². The molecule has 0 saturated carbocycles. The average Bonchev–Trinajstić information content (AvgIpc) is 2.46. The third-order valence-corrected chi connectivity index (χ3v) is 3.19. The fourth-order valence-corrected chi connectivity index (χ4v) is 2.12. The molecular weight excluding hydrogens is 292 g/mol. The first kappa shape index (κ1) is 15.2. The van der Waals surface area contributed by atoms with Crippen LogP contribution in [0.2, 0.25) is 5.02 Å². The van der Waals surface area contributed by atoms with Gasteiger partial charge in [-0.15, -0.1) is 0 Å². The van der Waals surface area contributed by atoms with Gasteiger partial charge in [0.15, 0.2) is 5.78 Å². The van der Waals surface area contributed by atoms with E-state index in [9.17, 15) is 4.79 Å². The van der Waals surface area contributed by atoms with Gasteiger partial charge in [0.25, 0.3) is 0 Å². The first-order chi connectivity index (χ1) is 10.0. The summed E-state index contributed by atoms with van der Waals surface area (Å²) in [5.74, 6) is 2.24. The van der Waals surface area contributed by atoms with Gasteiger partial charge < -0.3 is 14.2 Å². The van der Waals surface area contributed by atoms with Crippen LogP contribution in [0.4, 0.5) is 0 Å². The molecule has 0 radical (unpaired) electrons. The highest BCUT2D eigenvalue weighted by Crippen LogP contribution is 2.32. The maximum absolute atomic E-state index is 11.3. The third-order valence-electron chi connectivity index (χ3n) is 2.88. The molecule has 0 aliphatic carbocycles. The minimum atomic E-state index is -0.0883. The van der Waals surface area contributed by atoms with E-state index in [1.54, 1.807) is 50.6 Å². The molecule has 0 aliphatic heterocycles. The maximum atomic E-state index is 11.3. The van der Waals surface area contributed by atoms with E-state index in [-0.39, 0.29) is 5.78 Å². The highest BCUT2D eigenvalue weighted by atomic mass is 35.5. The van der Waals surface area contributed by atoms with E-state index in [0.29, 0.717) is 33.6 Å². The molecule has 0 unspecified atom stereocenters. The summed E-state index contributed by atoms with van der Waals surface area (Å²) in [6.45, 7) is 1.47. The van der Waals surface area contributed by atoms with Crippen LogP contribution in [0.15, 0.2) is 36.4 Å². The second kappa shape index (κ2) is 6.50. The van der Waals surface area contributed by atoms with Crippen LogP contribution in [-0.4, -0.2) is 20.0 Å². The Morgan fingerprint density at radius 3 is 1.95 bits per heavy atom. The standard InChI is InChI=1S/C16H15ClO4/c1-10(18)15-5-4-11(9-16(15)17)21-14-7-12(19-2)6-13(8-14)20-3/h4-9H,1-3H3. The minimum Gasteiger partial charge on any atom is -0.496 e. The van der Waals surface area contributed by atoms with Gasteiger partial charge in [0.05, 0.1) is 19.2 Å². The van der Waals surface area contributed by atoms with Gasteiger partial charge in [-0.05, 0) is 19.1 Å². The summed E-state index contributed by atoms with van der Waals surface area (Å²) in [7, 11) is 3.13. The number of carbonyl (C=O) groups excluding carboxylic acids is 1. The predicted octanol–water partition coefficient (Wildman–Crippen LogP) is 4.35. The molecule has 0 bridgehead atoms. The van der Waals surface area contributed by atoms with Crippen LogP contribution in [0.25, 0.3) is 0 Å². The first-order valence-corrected chi connectivity index (χ1v) is 6.62. The number of carbonyl (C=O) groups is 1. The highest BCUT2D eigenvalue weighted by Gasteiger charge is 2.09. The molecule has 0 aliphatic rings. The number of ether oxygens (including phenoxy) is 3. The van der Waals surface area contributed by atoms with Crippen LogP contribution in [0.1, 0.15) is 17.3 Å². The van der Waals surface area contributed by atoms with Gasteiger partial charge in [-0.3, -0.25) is 4.79 Å². The van der Waals surface area contributed by atoms with E-state index in [2.05, 4.69) is 0 Å². The van der Waals surface area contributed by atoms with Gasteiger partial charge in [0.1, 0.15) is 23.0 Å². The lowest BCUT2D eigenvalue weighted by molar-refractivity contribution is 0.101. The molecule has 110 valence electrons. The van der Waals surface area contributed by atoms with E-state index in [4.69, 9.17) is 25.8 Å². The van der Waals surface area contributed by atoms with Gasteiger partial charge in [-0.1, -0.05) is 11.6 Å². The van der Waals surface area contributed by atoms with Crippen LogP contribution in [0.3, 0.4) is 0 Å². The zero-order valence-corrected chi connectivity index (χ0v) is 12.7. The van der Waals surface area contributed by atoms with Crippen molar-refractivity contribution >= 4 is 17.4 Å². The molecule has 4 nitrogen and oxygen atoms in total. The Kier molecular flexibility index (Phi) is 4.70. The van der Waals surface area contributed by atoms with Gasteiger partial charge in [-0.25, -0.2) is 0 Å². The van der Waals surface area contributed by atoms with Crippen molar-refractivity contribution in [2.24, 2.45) is 0 Å². The third kappa shape index (κ3) is 3.67. The van der Waals surface area contributed by atoms with Crippen LogP contribution >= 0.6 is 11.6 Å². The number of hydrogen-bond donors (Lipinski definition) is 0. The van der Waals surface area contributed by atoms with E-state index < -0.39 is 0 Å². The molecule has 21 heavy (non-hydrogen) atoms. The van der Waals surface area contributed by atoms with Gasteiger partial charge in [0, 0.05) is 29.8 Å². The SMILES string of the molecule is COc1cc(OC)cc(Oc2ccc(C(C)=O)c(Cl)c2)c1. The van der Waals surface area contributed by atoms with Crippen LogP contribution < -0.4 is 14.2 Å². The van der Waals surface area contributed by atoms with Gasteiger partial charge in [0.2, 0.25) is 0 Å². The lowest BCUT2D eigenvalue weighted by Crippen LogP contribution is -1.94. The zero-order chi connectivity index (χ0) is 15.4. The normalized spacial score (nSPS) is 10.1. The predicted molar refractivity (Wildman–Crippen MR) is 81.1 cm³/mol. The number of halogens is 1. The van der Waals surface area contributed by atoms with E-state index in [1.807, 2.05) is 0 Å². The summed E-state index contributed by atoms with van der Waals surface area (Å²) in [4.78, 5) is 11.3. The summed E-state index contributed by atoms with van der Waals surface area (Å²) in [5, 5.41) is 0.356. The Morgan fingerprint density at radius 2 is 1.48 bits per heavy atom. The second-order valence-electron chi connectivity index (χ2n) is 4.35. The summed E-state index contributed by atoms with van der Waals surface area (Å²) in [6.07, 6.45) is 0. The van der Waals surface area contributed by atoms with E-state index >= 15 is 0 Å². The highest BCUT2D eigenvalue weighted by molar-refractivity contribution is 6.34. The molecule has 2 rings (SSSR count). The fraction of sp³-hybridized carbons (Fsp3) is 0.188. The molecule has 0 spiro atoms. The minimum absolute atomic E-state index is 0.0883. The average molecular weight is 307 g/mol. The number of Topliss-reactive ketones (excluding diaryl/α,β-unsaturated/α-hetero) is 1. The van der Waals surface area contributed by atoms with Crippen LogP contribution in [0.5, 0.6) is 23.0 Å². The summed E-state index contributed by atoms with van der Waals surface area (Å²) >= 11 is 6.06.